The number of aryl methyl sites for hydroxylation is 1. The molecule has 96 valence electrons. The second kappa shape index (κ2) is 7.72. The first-order valence-electron chi connectivity index (χ1n) is 6.14. The lowest BCUT2D eigenvalue weighted by Crippen LogP contribution is -2.31. The first kappa shape index (κ1) is 14.5. The van der Waals surface area contributed by atoms with Crippen LogP contribution in [0.25, 0.3) is 0 Å². The van der Waals surface area contributed by atoms with Crippen LogP contribution >= 0.6 is 11.8 Å². The number of thioether (sulfide) groups is 1. The zero-order valence-electron chi connectivity index (χ0n) is 10.9. The normalized spacial score (nSPS) is 12.7. The van der Waals surface area contributed by atoms with Crippen molar-refractivity contribution in [3.8, 4) is 0 Å². The molecule has 0 fully saturated rings. The monoisotopic (exact) mass is 255 g/mol. The molecule has 1 atom stereocenters. The molecule has 1 nitrogen and oxygen atoms in total. The number of hydrogen-bond donors (Lipinski definition) is 1. The van der Waals surface area contributed by atoms with Crippen LogP contribution in [-0.2, 0) is 6.42 Å². The molecular weight excluding hydrogens is 233 g/mol. The maximum absolute atomic E-state index is 13.0. The molecule has 0 saturated heterocycles. The average Bonchev–Trinajstić information content (AvgIpc) is 2.29. The van der Waals surface area contributed by atoms with E-state index in [1.54, 1.807) is 12.1 Å². The van der Waals surface area contributed by atoms with Crippen LogP contribution in [0.2, 0.25) is 0 Å². The van der Waals surface area contributed by atoms with E-state index in [4.69, 9.17) is 0 Å². The molecule has 3 heteroatoms. The lowest BCUT2D eigenvalue weighted by molar-refractivity contribution is 0.512. The first-order valence-corrected chi connectivity index (χ1v) is 7.54. The summed E-state index contributed by atoms with van der Waals surface area (Å²) in [6.45, 7) is 5.10. The quantitative estimate of drug-likeness (QED) is 0.801. The maximum atomic E-state index is 13.0. The van der Waals surface area contributed by atoms with Gasteiger partial charge in [-0.05, 0) is 61.6 Å². The molecule has 0 heterocycles. The first-order chi connectivity index (χ1) is 8.17. The van der Waals surface area contributed by atoms with E-state index in [0.29, 0.717) is 6.04 Å². The molecule has 0 aliphatic rings. The molecule has 0 saturated carbocycles. The fraction of sp³-hybridized carbons (Fsp3) is 0.571. The van der Waals surface area contributed by atoms with Gasteiger partial charge in [-0.1, -0.05) is 13.0 Å². The van der Waals surface area contributed by atoms with E-state index in [2.05, 4.69) is 18.5 Å². The molecule has 0 aromatic heterocycles. The zero-order valence-corrected chi connectivity index (χ0v) is 11.7. The molecule has 0 aliphatic heterocycles. The predicted molar refractivity (Wildman–Crippen MR) is 75.3 cm³/mol. The number of rotatable bonds is 7. The highest BCUT2D eigenvalue weighted by Gasteiger charge is 2.10. The summed E-state index contributed by atoms with van der Waals surface area (Å²) in [4.78, 5) is 0. The fourth-order valence-corrected chi connectivity index (χ4v) is 2.50. The van der Waals surface area contributed by atoms with Crippen molar-refractivity contribution in [3.63, 3.8) is 0 Å². The maximum Gasteiger partial charge on any atom is 0.123 e. The van der Waals surface area contributed by atoms with Crippen molar-refractivity contribution >= 4 is 11.8 Å². The summed E-state index contributed by atoms with van der Waals surface area (Å²) >= 11 is 1.87. The summed E-state index contributed by atoms with van der Waals surface area (Å²) in [6, 6.07) is 5.58. The Kier molecular flexibility index (Phi) is 6.60. The second-order valence-electron chi connectivity index (χ2n) is 4.31. The van der Waals surface area contributed by atoms with Crippen LogP contribution < -0.4 is 5.32 Å². The standard InChI is InChI=1S/C14H22FNS/c1-4-16-14(7-8-17-3)10-12-5-6-13(15)9-11(12)2/h5-6,9,14,16H,4,7-8,10H2,1-3H3. The molecular formula is C14H22FNS. The van der Waals surface area contributed by atoms with Crippen molar-refractivity contribution in [3.05, 3.63) is 35.1 Å². The number of benzene rings is 1. The van der Waals surface area contributed by atoms with Crippen LogP contribution in [0.4, 0.5) is 4.39 Å². The van der Waals surface area contributed by atoms with Crippen molar-refractivity contribution < 1.29 is 4.39 Å². The van der Waals surface area contributed by atoms with E-state index in [9.17, 15) is 4.39 Å². The molecule has 0 bridgehead atoms. The van der Waals surface area contributed by atoms with Crippen molar-refractivity contribution in [1.82, 2.24) is 5.32 Å². The summed E-state index contributed by atoms with van der Waals surface area (Å²) in [5.74, 6) is 1.02. The number of likely N-dealkylation sites (N-methyl/N-ethyl adjacent to an activating group) is 1. The molecule has 0 amide bonds. The van der Waals surface area contributed by atoms with Crippen LogP contribution in [0.15, 0.2) is 18.2 Å². The van der Waals surface area contributed by atoms with Gasteiger partial charge in [-0.2, -0.15) is 11.8 Å². The summed E-state index contributed by atoms with van der Waals surface area (Å²) < 4.78 is 13.0. The van der Waals surface area contributed by atoms with Gasteiger partial charge in [0.2, 0.25) is 0 Å². The third-order valence-corrected chi connectivity index (χ3v) is 3.58. The van der Waals surface area contributed by atoms with Gasteiger partial charge in [-0.15, -0.1) is 0 Å². The minimum absolute atomic E-state index is 0.143. The van der Waals surface area contributed by atoms with Crippen LogP contribution in [-0.4, -0.2) is 24.6 Å². The Morgan fingerprint density at radius 3 is 2.76 bits per heavy atom. The number of hydrogen-bond acceptors (Lipinski definition) is 2. The van der Waals surface area contributed by atoms with Crippen molar-refractivity contribution in [2.75, 3.05) is 18.6 Å². The van der Waals surface area contributed by atoms with Crippen molar-refractivity contribution in [2.24, 2.45) is 0 Å². The third kappa shape index (κ3) is 5.09. The van der Waals surface area contributed by atoms with Gasteiger partial charge >= 0.3 is 0 Å². The topological polar surface area (TPSA) is 12.0 Å². The molecule has 1 aromatic carbocycles. The highest BCUT2D eigenvalue weighted by Crippen LogP contribution is 2.14. The summed E-state index contributed by atoms with van der Waals surface area (Å²) in [7, 11) is 0. The summed E-state index contributed by atoms with van der Waals surface area (Å²) in [5.41, 5.74) is 2.30. The minimum atomic E-state index is -0.143. The summed E-state index contributed by atoms with van der Waals surface area (Å²) in [6.07, 6.45) is 4.28. The summed E-state index contributed by atoms with van der Waals surface area (Å²) in [5, 5.41) is 3.50. The molecule has 1 N–H and O–H groups in total. The molecule has 0 spiro atoms. The molecule has 0 radical (unpaired) electrons. The van der Waals surface area contributed by atoms with Gasteiger partial charge in [0.1, 0.15) is 5.82 Å². The Labute approximate surface area is 108 Å². The van der Waals surface area contributed by atoms with Crippen LogP contribution in [0, 0.1) is 12.7 Å². The van der Waals surface area contributed by atoms with Crippen molar-refractivity contribution in [1.29, 1.82) is 0 Å². The van der Waals surface area contributed by atoms with Crippen LogP contribution in [0.5, 0.6) is 0 Å². The molecule has 1 rings (SSSR count). The lowest BCUT2D eigenvalue weighted by atomic mass is 9.99. The van der Waals surface area contributed by atoms with Gasteiger partial charge < -0.3 is 5.32 Å². The molecule has 17 heavy (non-hydrogen) atoms. The highest BCUT2D eigenvalue weighted by molar-refractivity contribution is 7.98. The van der Waals surface area contributed by atoms with Gasteiger partial charge in [0.15, 0.2) is 0 Å². The molecule has 1 unspecified atom stereocenters. The Morgan fingerprint density at radius 2 is 2.18 bits per heavy atom. The Morgan fingerprint density at radius 1 is 1.41 bits per heavy atom. The van der Waals surface area contributed by atoms with E-state index in [-0.39, 0.29) is 5.82 Å². The number of nitrogens with one attached hydrogen (secondary N) is 1. The van der Waals surface area contributed by atoms with Gasteiger partial charge in [0.25, 0.3) is 0 Å². The largest absolute Gasteiger partial charge is 0.314 e. The smallest absolute Gasteiger partial charge is 0.123 e. The van der Waals surface area contributed by atoms with Gasteiger partial charge in [-0.25, -0.2) is 4.39 Å². The fourth-order valence-electron chi connectivity index (χ4n) is 1.98. The van der Waals surface area contributed by atoms with E-state index in [1.165, 1.54) is 5.56 Å². The van der Waals surface area contributed by atoms with Crippen molar-refractivity contribution in [2.45, 2.75) is 32.7 Å². The minimum Gasteiger partial charge on any atom is -0.314 e. The van der Waals surface area contributed by atoms with E-state index >= 15 is 0 Å². The SMILES string of the molecule is CCNC(CCSC)Cc1ccc(F)cc1C. The van der Waals surface area contributed by atoms with Crippen LogP contribution in [0.1, 0.15) is 24.5 Å². The Bertz CT molecular complexity index is 341. The Hall–Kier alpha value is -0.540. The van der Waals surface area contributed by atoms with E-state index in [0.717, 1.165) is 30.7 Å². The van der Waals surface area contributed by atoms with Gasteiger partial charge in [0, 0.05) is 6.04 Å². The predicted octanol–water partition coefficient (Wildman–Crippen LogP) is 3.41. The third-order valence-electron chi connectivity index (χ3n) is 2.93. The van der Waals surface area contributed by atoms with E-state index in [1.807, 2.05) is 24.8 Å². The average molecular weight is 255 g/mol. The van der Waals surface area contributed by atoms with Crippen LogP contribution in [0.3, 0.4) is 0 Å². The zero-order chi connectivity index (χ0) is 12.7. The van der Waals surface area contributed by atoms with Gasteiger partial charge in [0.05, 0.1) is 0 Å². The van der Waals surface area contributed by atoms with E-state index < -0.39 is 0 Å². The molecule has 0 aliphatic carbocycles. The lowest BCUT2D eigenvalue weighted by Gasteiger charge is -2.18. The second-order valence-corrected chi connectivity index (χ2v) is 5.30. The number of halogens is 1. The molecule has 1 aromatic rings. The highest BCUT2D eigenvalue weighted by atomic mass is 32.2. The van der Waals surface area contributed by atoms with Gasteiger partial charge in [-0.3, -0.25) is 0 Å². The Balaban J connectivity index is 2.64.